The van der Waals surface area contributed by atoms with E-state index in [1.807, 2.05) is 13.8 Å². The Hall–Kier alpha value is -3.14. The molecule has 2 heterocycles. The number of amides is 4. The van der Waals surface area contributed by atoms with E-state index in [1.54, 1.807) is 31.3 Å². The van der Waals surface area contributed by atoms with E-state index in [0.29, 0.717) is 25.3 Å². The Morgan fingerprint density at radius 2 is 1.82 bits per heavy atom. The smallest absolute Gasteiger partial charge is 0.255 e. The van der Waals surface area contributed by atoms with E-state index in [1.165, 1.54) is 17.7 Å². The van der Waals surface area contributed by atoms with Crippen LogP contribution in [0.5, 0.6) is 5.75 Å². The van der Waals surface area contributed by atoms with E-state index >= 15 is 0 Å². The van der Waals surface area contributed by atoms with Crippen LogP contribution in [-0.2, 0) is 14.4 Å². The maximum absolute atomic E-state index is 13.2. The van der Waals surface area contributed by atoms with Gasteiger partial charge in [-0.1, -0.05) is 26.0 Å². The van der Waals surface area contributed by atoms with Crippen molar-refractivity contribution in [2.24, 2.45) is 5.92 Å². The molecule has 1 aromatic carbocycles. The van der Waals surface area contributed by atoms with Crippen molar-refractivity contribution in [1.29, 1.82) is 0 Å². The summed E-state index contributed by atoms with van der Waals surface area (Å²) in [6.07, 6.45) is 4.44. The van der Waals surface area contributed by atoms with Crippen molar-refractivity contribution in [3.05, 3.63) is 29.8 Å². The minimum absolute atomic E-state index is 0.166. The Balaban J connectivity index is 1.72. The molecule has 2 atom stereocenters. The molecule has 2 aliphatic heterocycles. The molecule has 1 aromatic rings. The zero-order valence-corrected chi connectivity index (χ0v) is 23.0. The standard InChI is InChI=1S/C28H43N5O5/c1-20(2)18-23-28(37)32(3)16-17-38-24-11-5-4-10-21(24)26(35)31-22(19-25(34)30-23)27(36)29-12-6-7-13-33-14-8-9-15-33/h4-5,10-11,20,22-23H,6-9,12-19H2,1-3H3,(H,29,36)(H,30,34)(H,31,35)/t22-,23-/m0/s1. The first-order chi connectivity index (χ1) is 18.2. The number of unbranched alkanes of at least 4 members (excludes halogenated alkanes) is 1. The molecule has 4 amide bonds. The minimum atomic E-state index is -1.09. The zero-order chi connectivity index (χ0) is 27.5. The first kappa shape index (κ1) is 29.4. The maximum Gasteiger partial charge on any atom is 0.255 e. The zero-order valence-electron chi connectivity index (χ0n) is 23.0. The Bertz CT molecular complexity index is 963. The molecule has 10 heteroatoms. The topological polar surface area (TPSA) is 120 Å². The van der Waals surface area contributed by atoms with Gasteiger partial charge in [0.1, 0.15) is 24.4 Å². The summed E-state index contributed by atoms with van der Waals surface area (Å²) < 4.78 is 5.84. The average Bonchev–Trinajstić information content (AvgIpc) is 3.40. The minimum Gasteiger partial charge on any atom is -0.491 e. The number of ether oxygens (including phenoxy) is 1. The quantitative estimate of drug-likeness (QED) is 0.440. The normalized spacial score (nSPS) is 21.8. The van der Waals surface area contributed by atoms with Crippen LogP contribution in [0.1, 0.15) is 62.7 Å². The number of carbonyl (C=O) groups is 4. The highest BCUT2D eigenvalue weighted by atomic mass is 16.5. The number of benzene rings is 1. The lowest BCUT2D eigenvalue weighted by atomic mass is 10.0. The Morgan fingerprint density at radius 3 is 2.55 bits per heavy atom. The molecule has 0 bridgehead atoms. The fourth-order valence-electron chi connectivity index (χ4n) is 4.83. The van der Waals surface area contributed by atoms with Gasteiger partial charge in [0.25, 0.3) is 5.91 Å². The Morgan fingerprint density at radius 1 is 1.08 bits per heavy atom. The molecule has 2 aliphatic rings. The van der Waals surface area contributed by atoms with E-state index in [4.69, 9.17) is 4.74 Å². The third kappa shape index (κ3) is 9.01. The van der Waals surface area contributed by atoms with Gasteiger partial charge in [0.15, 0.2) is 0 Å². The highest BCUT2D eigenvalue weighted by Crippen LogP contribution is 2.19. The molecule has 0 saturated carbocycles. The number of hydrogen-bond acceptors (Lipinski definition) is 6. The van der Waals surface area contributed by atoms with E-state index in [-0.39, 0.29) is 30.4 Å². The molecule has 38 heavy (non-hydrogen) atoms. The molecule has 3 N–H and O–H groups in total. The average molecular weight is 530 g/mol. The maximum atomic E-state index is 13.2. The predicted molar refractivity (Wildman–Crippen MR) is 145 cm³/mol. The molecular formula is C28H43N5O5. The summed E-state index contributed by atoms with van der Waals surface area (Å²) in [6, 6.07) is 4.92. The summed E-state index contributed by atoms with van der Waals surface area (Å²) in [6.45, 7) is 8.16. The lowest BCUT2D eigenvalue weighted by molar-refractivity contribution is -0.136. The van der Waals surface area contributed by atoms with Crippen molar-refractivity contribution < 1.29 is 23.9 Å². The second-order valence-electron chi connectivity index (χ2n) is 10.6. The number of likely N-dealkylation sites (tertiary alicyclic amines) is 1. The highest BCUT2D eigenvalue weighted by molar-refractivity contribution is 6.01. The fraction of sp³-hybridized carbons (Fsp3) is 0.643. The van der Waals surface area contributed by atoms with E-state index in [2.05, 4.69) is 20.9 Å². The number of nitrogens with zero attached hydrogens (tertiary/aromatic N) is 2. The molecule has 1 saturated heterocycles. The third-order valence-electron chi connectivity index (χ3n) is 6.94. The number of nitrogens with one attached hydrogen (secondary N) is 3. The van der Waals surface area contributed by atoms with Gasteiger partial charge in [-0.05, 0) is 69.8 Å². The van der Waals surface area contributed by atoms with Gasteiger partial charge in [-0.25, -0.2) is 0 Å². The lowest BCUT2D eigenvalue weighted by Crippen LogP contribution is -2.53. The van der Waals surface area contributed by atoms with Gasteiger partial charge in [0.2, 0.25) is 17.7 Å². The molecular weight excluding hydrogens is 486 g/mol. The SMILES string of the molecule is CC(C)C[C@@H]1NC(=O)C[C@@H](C(=O)NCCCCN2CCCC2)NC(=O)c2ccccc2OCCN(C)C1=O. The first-order valence-corrected chi connectivity index (χ1v) is 13.8. The van der Waals surface area contributed by atoms with Crippen LogP contribution in [-0.4, -0.2) is 91.9 Å². The molecule has 0 aliphatic carbocycles. The first-order valence-electron chi connectivity index (χ1n) is 13.8. The van der Waals surface area contributed by atoms with Crippen LogP contribution in [0, 0.1) is 5.92 Å². The number of rotatable bonds is 8. The van der Waals surface area contributed by atoms with Crippen LogP contribution >= 0.6 is 0 Å². The van der Waals surface area contributed by atoms with E-state index in [0.717, 1.165) is 32.5 Å². The summed E-state index contributed by atoms with van der Waals surface area (Å²) in [4.78, 5) is 56.4. The number of carbonyl (C=O) groups excluding carboxylic acids is 4. The molecule has 0 spiro atoms. The highest BCUT2D eigenvalue weighted by Gasteiger charge is 2.30. The molecule has 10 nitrogen and oxygen atoms in total. The predicted octanol–water partition coefficient (Wildman–Crippen LogP) is 1.55. The van der Waals surface area contributed by atoms with E-state index in [9.17, 15) is 19.2 Å². The second-order valence-corrected chi connectivity index (χ2v) is 10.6. The Kier molecular flexibility index (Phi) is 11.4. The third-order valence-corrected chi connectivity index (χ3v) is 6.94. The van der Waals surface area contributed by atoms with Crippen LogP contribution in [0.25, 0.3) is 0 Å². The number of hydrogen-bond donors (Lipinski definition) is 3. The van der Waals surface area contributed by atoms with Crippen molar-refractivity contribution >= 4 is 23.6 Å². The van der Waals surface area contributed by atoms with Gasteiger partial charge in [-0.2, -0.15) is 0 Å². The van der Waals surface area contributed by atoms with Crippen LogP contribution in [0.3, 0.4) is 0 Å². The molecule has 0 radical (unpaired) electrons. The molecule has 0 aromatic heterocycles. The van der Waals surface area contributed by atoms with Crippen LogP contribution < -0.4 is 20.7 Å². The largest absolute Gasteiger partial charge is 0.491 e. The fourth-order valence-corrected chi connectivity index (χ4v) is 4.83. The number of fused-ring (bicyclic) bond motifs is 1. The number of para-hydroxylation sites is 1. The van der Waals surface area contributed by atoms with Crippen LogP contribution in [0.4, 0.5) is 0 Å². The summed E-state index contributed by atoms with van der Waals surface area (Å²) in [7, 11) is 1.66. The lowest BCUT2D eigenvalue weighted by Gasteiger charge is -2.27. The molecule has 210 valence electrons. The van der Waals surface area contributed by atoms with Gasteiger partial charge in [-0.3, -0.25) is 19.2 Å². The monoisotopic (exact) mass is 529 g/mol. The van der Waals surface area contributed by atoms with Crippen molar-refractivity contribution in [3.63, 3.8) is 0 Å². The molecule has 3 rings (SSSR count). The van der Waals surface area contributed by atoms with Crippen molar-refractivity contribution in [1.82, 2.24) is 25.8 Å². The van der Waals surface area contributed by atoms with E-state index < -0.39 is 29.8 Å². The van der Waals surface area contributed by atoms with Gasteiger partial charge >= 0.3 is 0 Å². The summed E-state index contributed by atoms with van der Waals surface area (Å²) in [5.74, 6) is -1.09. The van der Waals surface area contributed by atoms with Gasteiger partial charge in [-0.15, -0.1) is 0 Å². The summed E-state index contributed by atoms with van der Waals surface area (Å²) in [5, 5.41) is 8.40. The van der Waals surface area contributed by atoms with Gasteiger partial charge < -0.3 is 30.5 Å². The Labute approximate surface area is 225 Å². The summed E-state index contributed by atoms with van der Waals surface area (Å²) >= 11 is 0. The van der Waals surface area contributed by atoms with Crippen LogP contribution in [0.15, 0.2) is 24.3 Å². The van der Waals surface area contributed by atoms with Gasteiger partial charge in [0, 0.05) is 13.6 Å². The second kappa shape index (κ2) is 14.7. The van der Waals surface area contributed by atoms with Crippen molar-refractivity contribution in [2.45, 2.75) is 64.5 Å². The van der Waals surface area contributed by atoms with Crippen molar-refractivity contribution in [2.75, 3.05) is 46.4 Å². The molecule has 1 fully saturated rings. The van der Waals surface area contributed by atoms with Crippen LogP contribution in [0.2, 0.25) is 0 Å². The number of likely N-dealkylation sites (N-methyl/N-ethyl adjacent to an activating group) is 1. The summed E-state index contributed by atoms with van der Waals surface area (Å²) in [5.41, 5.74) is 0.264. The van der Waals surface area contributed by atoms with Gasteiger partial charge in [0.05, 0.1) is 18.5 Å². The van der Waals surface area contributed by atoms with Crippen molar-refractivity contribution in [3.8, 4) is 5.75 Å². The molecule has 0 unspecified atom stereocenters.